The number of rotatable bonds is 4. The Morgan fingerprint density at radius 2 is 2.06 bits per heavy atom. The Bertz CT molecular complexity index is 203. The van der Waals surface area contributed by atoms with E-state index in [4.69, 9.17) is 5.73 Å². The summed E-state index contributed by atoms with van der Waals surface area (Å²) in [5.41, 5.74) is 5.93. The van der Waals surface area contributed by atoms with Gasteiger partial charge < -0.3 is 10.6 Å². The SMILES string of the molecule is C=CN(CC)C1CC[C@@H](C)CCCC1CN. The lowest BCUT2D eigenvalue weighted by atomic mass is 9.82. The Labute approximate surface area is 101 Å². The standard InChI is InChI=1S/C14H28N2/c1-4-16(5-2)14-10-9-12(3)7-6-8-13(14)11-15/h4,12-14H,1,5-11,15H2,2-3H3/t12-,13?,14?/m0/s1. The Kier molecular flexibility index (Phi) is 5.89. The van der Waals surface area contributed by atoms with Crippen molar-refractivity contribution in [2.75, 3.05) is 13.1 Å². The number of hydrogen-bond donors (Lipinski definition) is 1. The molecule has 0 radical (unpaired) electrons. The molecule has 2 heteroatoms. The molecular formula is C14H28N2. The van der Waals surface area contributed by atoms with E-state index < -0.39 is 0 Å². The molecule has 0 bridgehead atoms. The van der Waals surface area contributed by atoms with E-state index in [1.807, 2.05) is 6.20 Å². The maximum absolute atomic E-state index is 5.93. The molecule has 1 rings (SSSR count). The molecule has 0 aromatic heterocycles. The lowest BCUT2D eigenvalue weighted by Gasteiger charge is -2.37. The normalized spacial score (nSPS) is 31.6. The van der Waals surface area contributed by atoms with Gasteiger partial charge in [0.2, 0.25) is 0 Å². The molecule has 1 aliphatic carbocycles. The van der Waals surface area contributed by atoms with E-state index in [0.717, 1.165) is 19.0 Å². The van der Waals surface area contributed by atoms with E-state index in [9.17, 15) is 0 Å². The predicted molar refractivity (Wildman–Crippen MR) is 71.2 cm³/mol. The molecule has 0 saturated heterocycles. The van der Waals surface area contributed by atoms with Crippen LogP contribution in [0.1, 0.15) is 46.0 Å². The summed E-state index contributed by atoms with van der Waals surface area (Å²) in [5.74, 6) is 1.54. The van der Waals surface area contributed by atoms with Gasteiger partial charge in [0, 0.05) is 12.6 Å². The Morgan fingerprint density at radius 3 is 2.62 bits per heavy atom. The molecule has 0 amide bonds. The molecule has 16 heavy (non-hydrogen) atoms. The fourth-order valence-electron chi connectivity index (χ4n) is 2.97. The highest BCUT2D eigenvalue weighted by Gasteiger charge is 2.26. The summed E-state index contributed by atoms with van der Waals surface area (Å²) < 4.78 is 0. The highest BCUT2D eigenvalue weighted by molar-refractivity contribution is 4.86. The Hall–Kier alpha value is -0.500. The minimum absolute atomic E-state index is 0.621. The number of hydrogen-bond acceptors (Lipinski definition) is 2. The average Bonchev–Trinajstić information content (AvgIpc) is 2.28. The van der Waals surface area contributed by atoms with Gasteiger partial charge in [-0.15, -0.1) is 0 Å². The summed E-state index contributed by atoms with van der Waals surface area (Å²) in [4.78, 5) is 2.38. The quantitative estimate of drug-likeness (QED) is 0.795. The lowest BCUT2D eigenvalue weighted by molar-refractivity contribution is 0.164. The van der Waals surface area contributed by atoms with Crippen molar-refractivity contribution in [2.45, 2.75) is 52.0 Å². The first-order chi connectivity index (χ1) is 7.72. The summed E-state index contributed by atoms with van der Waals surface area (Å²) in [6, 6.07) is 0.621. The Morgan fingerprint density at radius 1 is 1.31 bits per heavy atom. The second-order valence-corrected chi connectivity index (χ2v) is 5.19. The van der Waals surface area contributed by atoms with Gasteiger partial charge in [-0.2, -0.15) is 0 Å². The van der Waals surface area contributed by atoms with Gasteiger partial charge in [0.05, 0.1) is 0 Å². The molecule has 0 aromatic rings. The number of nitrogens with zero attached hydrogens (tertiary/aromatic N) is 1. The van der Waals surface area contributed by atoms with Gasteiger partial charge >= 0.3 is 0 Å². The zero-order chi connectivity index (χ0) is 12.0. The zero-order valence-electron chi connectivity index (χ0n) is 11.0. The van der Waals surface area contributed by atoms with Crippen LogP contribution < -0.4 is 5.73 Å². The fourth-order valence-corrected chi connectivity index (χ4v) is 2.97. The van der Waals surface area contributed by atoms with Gasteiger partial charge in [-0.05, 0) is 50.8 Å². The van der Waals surface area contributed by atoms with Crippen molar-refractivity contribution in [1.29, 1.82) is 0 Å². The summed E-state index contributed by atoms with van der Waals surface area (Å²) in [7, 11) is 0. The third kappa shape index (κ3) is 3.51. The summed E-state index contributed by atoms with van der Waals surface area (Å²) >= 11 is 0. The van der Waals surface area contributed by atoms with Crippen LogP contribution in [-0.2, 0) is 0 Å². The van der Waals surface area contributed by atoms with Crippen LogP contribution in [-0.4, -0.2) is 24.0 Å². The third-order valence-electron chi connectivity index (χ3n) is 4.10. The van der Waals surface area contributed by atoms with Crippen molar-refractivity contribution in [3.63, 3.8) is 0 Å². The van der Waals surface area contributed by atoms with Crippen LogP contribution in [0.2, 0.25) is 0 Å². The van der Waals surface area contributed by atoms with Crippen LogP contribution in [0.4, 0.5) is 0 Å². The second-order valence-electron chi connectivity index (χ2n) is 5.19. The largest absolute Gasteiger partial charge is 0.375 e. The molecule has 0 heterocycles. The van der Waals surface area contributed by atoms with Crippen molar-refractivity contribution in [3.05, 3.63) is 12.8 Å². The van der Waals surface area contributed by atoms with Crippen LogP contribution in [0.15, 0.2) is 12.8 Å². The zero-order valence-corrected chi connectivity index (χ0v) is 11.0. The molecule has 2 N–H and O–H groups in total. The van der Waals surface area contributed by atoms with E-state index in [1.165, 1.54) is 32.1 Å². The molecule has 1 fully saturated rings. The van der Waals surface area contributed by atoms with Crippen molar-refractivity contribution >= 4 is 0 Å². The first-order valence-electron chi connectivity index (χ1n) is 6.81. The van der Waals surface area contributed by atoms with Crippen LogP contribution in [0, 0.1) is 11.8 Å². The molecule has 94 valence electrons. The topological polar surface area (TPSA) is 29.3 Å². The minimum atomic E-state index is 0.621. The molecular weight excluding hydrogens is 196 g/mol. The van der Waals surface area contributed by atoms with Gasteiger partial charge in [0.15, 0.2) is 0 Å². The predicted octanol–water partition coefficient (Wildman–Crippen LogP) is 3.00. The smallest absolute Gasteiger partial charge is 0.0324 e. The van der Waals surface area contributed by atoms with Crippen LogP contribution in [0.3, 0.4) is 0 Å². The maximum Gasteiger partial charge on any atom is 0.0324 e. The first kappa shape index (κ1) is 13.6. The van der Waals surface area contributed by atoms with Crippen molar-refractivity contribution in [3.8, 4) is 0 Å². The van der Waals surface area contributed by atoms with E-state index in [-0.39, 0.29) is 0 Å². The van der Waals surface area contributed by atoms with Crippen LogP contribution in [0.5, 0.6) is 0 Å². The highest BCUT2D eigenvalue weighted by Crippen LogP contribution is 2.28. The van der Waals surface area contributed by atoms with Crippen LogP contribution >= 0.6 is 0 Å². The van der Waals surface area contributed by atoms with E-state index >= 15 is 0 Å². The van der Waals surface area contributed by atoms with E-state index in [0.29, 0.717) is 12.0 Å². The third-order valence-corrected chi connectivity index (χ3v) is 4.10. The van der Waals surface area contributed by atoms with Crippen molar-refractivity contribution < 1.29 is 0 Å². The highest BCUT2D eigenvalue weighted by atomic mass is 15.1. The molecule has 1 aliphatic rings. The van der Waals surface area contributed by atoms with E-state index in [2.05, 4.69) is 25.3 Å². The summed E-state index contributed by atoms with van der Waals surface area (Å²) in [6.07, 6.45) is 8.63. The number of nitrogens with two attached hydrogens (primary N) is 1. The Balaban J connectivity index is 2.68. The molecule has 0 aromatic carbocycles. The molecule has 0 spiro atoms. The molecule has 2 nitrogen and oxygen atoms in total. The van der Waals surface area contributed by atoms with Gasteiger partial charge in [-0.3, -0.25) is 0 Å². The fraction of sp³-hybridized carbons (Fsp3) is 0.857. The summed E-state index contributed by atoms with van der Waals surface area (Å²) in [6.45, 7) is 10.4. The molecule has 1 saturated carbocycles. The minimum Gasteiger partial charge on any atom is -0.375 e. The van der Waals surface area contributed by atoms with Crippen molar-refractivity contribution in [1.82, 2.24) is 4.90 Å². The lowest BCUT2D eigenvalue weighted by Crippen LogP contribution is -2.41. The van der Waals surface area contributed by atoms with E-state index in [1.54, 1.807) is 0 Å². The van der Waals surface area contributed by atoms with Gasteiger partial charge in [0.1, 0.15) is 0 Å². The van der Waals surface area contributed by atoms with Gasteiger partial charge in [-0.25, -0.2) is 0 Å². The maximum atomic E-state index is 5.93. The second kappa shape index (κ2) is 6.95. The van der Waals surface area contributed by atoms with Crippen LogP contribution in [0.25, 0.3) is 0 Å². The average molecular weight is 224 g/mol. The first-order valence-corrected chi connectivity index (χ1v) is 6.81. The van der Waals surface area contributed by atoms with Gasteiger partial charge in [-0.1, -0.05) is 26.3 Å². The van der Waals surface area contributed by atoms with Gasteiger partial charge in [0.25, 0.3) is 0 Å². The summed E-state index contributed by atoms with van der Waals surface area (Å²) in [5, 5.41) is 0. The van der Waals surface area contributed by atoms with Crippen molar-refractivity contribution in [2.24, 2.45) is 17.6 Å². The molecule has 2 unspecified atom stereocenters. The molecule has 0 aliphatic heterocycles. The molecule has 3 atom stereocenters. The monoisotopic (exact) mass is 224 g/mol.